The zero-order valence-corrected chi connectivity index (χ0v) is 16.9. The van der Waals surface area contributed by atoms with E-state index in [9.17, 15) is 4.79 Å². The summed E-state index contributed by atoms with van der Waals surface area (Å²) in [7, 11) is 0. The van der Waals surface area contributed by atoms with E-state index in [-0.39, 0.29) is 5.97 Å². The minimum Gasteiger partial charge on any atom is -0.462 e. The summed E-state index contributed by atoms with van der Waals surface area (Å²) in [5.74, 6) is 1.06. The molecule has 2 aromatic carbocycles. The van der Waals surface area contributed by atoms with Gasteiger partial charge in [-0.15, -0.1) is 0 Å². The Morgan fingerprint density at radius 2 is 1.77 bits per heavy atom. The van der Waals surface area contributed by atoms with Gasteiger partial charge in [-0.3, -0.25) is 4.99 Å². The van der Waals surface area contributed by atoms with Gasteiger partial charge < -0.3 is 18.8 Å². The summed E-state index contributed by atoms with van der Waals surface area (Å²) in [5.41, 5.74) is 3.46. The van der Waals surface area contributed by atoms with Crippen molar-refractivity contribution in [1.82, 2.24) is 0 Å². The molecule has 4 rings (SSSR count). The molecule has 154 valence electrons. The molecular weight excluding hydrogens is 380 g/mol. The number of anilines is 1. The minimum atomic E-state index is -0.323. The van der Waals surface area contributed by atoms with E-state index < -0.39 is 0 Å². The molecule has 1 aliphatic heterocycles. The van der Waals surface area contributed by atoms with Gasteiger partial charge in [0.05, 0.1) is 37.3 Å². The highest BCUT2D eigenvalue weighted by atomic mass is 16.5. The van der Waals surface area contributed by atoms with Crippen LogP contribution in [-0.2, 0) is 9.47 Å². The highest BCUT2D eigenvalue weighted by Gasteiger charge is 2.11. The zero-order valence-electron chi connectivity index (χ0n) is 16.9. The summed E-state index contributed by atoms with van der Waals surface area (Å²) < 4.78 is 16.3. The van der Waals surface area contributed by atoms with Crippen LogP contribution in [0.2, 0.25) is 0 Å². The Labute approximate surface area is 175 Å². The van der Waals surface area contributed by atoms with Crippen molar-refractivity contribution >= 4 is 23.6 Å². The van der Waals surface area contributed by atoms with E-state index in [2.05, 4.69) is 22.0 Å². The van der Waals surface area contributed by atoms with Gasteiger partial charge in [0.2, 0.25) is 0 Å². The van der Waals surface area contributed by atoms with Crippen molar-refractivity contribution in [1.29, 1.82) is 0 Å². The molecule has 0 spiro atoms. The van der Waals surface area contributed by atoms with Crippen LogP contribution >= 0.6 is 0 Å². The van der Waals surface area contributed by atoms with E-state index >= 15 is 0 Å². The van der Waals surface area contributed by atoms with Gasteiger partial charge in [0.1, 0.15) is 11.5 Å². The maximum Gasteiger partial charge on any atom is 0.338 e. The molecule has 30 heavy (non-hydrogen) atoms. The molecule has 1 saturated heterocycles. The van der Waals surface area contributed by atoms with E-state index in [4.69, 9.17) is 13.9 Å². The first-order valence-corrected chi connectivity index (χ1v) is 10.1. The molecule has 6 heteroatoms. The third-order valence-corrected chi connectivity index (χ3v) is 4.87. The normalized spacial score (nSPS) is 14.2. The first kappa shape index (κ1) is 19.9. The Morgan fingerprint density at radius 1 is 1.03 bits per heavy atom. The van der Waals surface area contributed by atoms with Gasteiger partial charge in [0.25, 0.3) is 0 Å². The third-order valence-electron chi connectivity index (χ3n) is 4.87. The summed E-state index contributed by atoms with van der Waals surface area (Å²) in [6, 6.07) is 19.1. The van der Waals surface area contributed by atoms with Gasteiger partial charge in [0.15, 0.2) is 0 Å². The second-order valence-corrected chi connectivity index (χ2v) is 6.87. The van der Waals surface area contributed by atoms with E-state index in [1.54, 1.807) is 25.3 Å². The number of hydrogen-bond donors (Lipinski definition) is 0. The summed E-state index contributed by atoms with van der Waals surface area (Å²) in [6.45, 7) is 5.52. The van der Waals surface area contributed by atoms with Crippen molar-refractivity contribution in [2.45, 2.75) is 6.92 Å². The van der Waals surface area contributed by atoms with Crippen LogP contribution in [0, 0.1) is 0 Å². The summed E-state index contributed by atoms with van der Waals surface area (Å²) >= 11 is 0. The molecule has 0 N–H and O–H groups in total. The average Bonchev–Trinajstić information content (AvgIpc) is 3.28. The van der Waals surface area contributed by atoms with Gasteiger partial charge in [-0.25, -0.2) is 4.79 Å². The lowest BCUT2D eigenvalue weighted by atomic mass is 10.1. The number of furan rings is 1. The van der Waals surface area contributed by atoms with Gasteiger partial charge in [-0.2, -0.15) is 0 Å². The predicted molar refractivity (Wildman–Crippen MR) is 117 cm³/mol. The van der Waals surface area contributed by atoms with Crippen LogP contribution in [0.5, 0.6) is 0 Å². The summed E-state index contributed by atoms with van der Waals surface area (Å²) in [5, 5.41) is 0. The van der Waals surface area contributed by atoms with Crippen LogP contribution in [0.25, 0.3) is 11.3 Å². The molecular formula is C24H24N2O4. The lowest BCUT2D eigenvalue weighted by molar-refractivity contribution is 0.0526. The number of benzene rings is 2. The standard InChI is InChI=1S/C24H24N2O4/c1-2-29-24(27)19-5-3-18(4-6-19)23-12-11-22(30-23)17-25-20-7-9-21(10-8-20)26-13-15-28-16-14-26/h3-12,17H,2,13-16H2,1H3. The Bertz CT molecular complexity index is 1000. The van der Waals surface area contributed by atoms with Crippen LogP contribution in [0.1, 0.15) is 23.0 Å². The fourth-order valence-corrected chi connectivity index (χ4v) is 3.27. The largest absolute Gasteiger partial charge is 0.462 e. The van der Waals surface area contributed by atoms with E-state index in [0.29, 0.717) is 17.9 Å². The van der Waals surface area contributed by atoms with Crippen molar-refractivity contribution < 1.29 is 18.7 Å². The fourth-order valence-electron chi connectivity index (χ4n) is 3.27. The van der Waals surface area contributed by atoms with Crippen LogP contribution in [0.3, 0.4) is 0 Å². The topological polar surface area (TPSA) is 64.3 Å². The molecule has 1 aliphatic rings. The summed E-state index contributed by atoms with van der Waals surface area (Å²) in [4.78, 5) is 18.6. The molecule has 6 nitrogen and oxygen atoms in total. The average molecular weight is 404 g/mol. The zero-order chi connectivity index (χ0) is 20.8. The van der Waals surface area contributed by atoms with Crippen LogP contribution in [-0.4, -0.2) is 45.1 Å². The number of carbonyl (C=O) groups excluding carboxylic acids is 1. The minimum absolute atomic E-state index is 0.323. The predicted octanol–water partition coefficient (Wildman–Crippen LogP) is 4.71. The maximum atomic E-state index is 11.8. The Hall–Kier alpha value is -3.38. The van der Waals surface area contributed by atoms with E-state index in [1.807, 2.05) is 36.4 Å². The van der Waals surface area contributed by atoms with Crippen LogP contribution in [0.15, 0.2) is 70.1 Å². The molecule has 0 amide bonds. The molecule has 0 atom stereocenters. The molecule has 1 fully saturated rings. The Morgan fingerprint density at radius 3 is 2.47 bits per heavy atom. The second kappa shape index (κ2) is 9.41. The SMILES string of the molecule is CCOC(=O)c1ccc(-c2ccc(C=Nc3ccc(N4CCOCC4)cc3)o2)cc1. The van der Waals surface area contributed by atoms with Crippen molar-refractivity contribution in [2.75, 3.05) is 37.8 Å². The van der Waals surface area contributed by atoms with Crippen molar-refractivity contribution in [3.63, 3.8) is 0 Å². The van der Waals surface area contributed by atoms with Gasteiger partial charge in [-0.1, -0.05) is 12.1 Å². The lowest BCUT2D eigenvalue weighted by Crippen LogP contribution is -2.36. The Balaban J connectivity index is 1.40. The first-order valence-electron chi connectivity index (χ1n) is 10.1. The highest BCUT2D eigenvalue weighted by molar-refractivity contribution is 5.90. The molecule has 0 unspecified atom stereocenters. The summed E-state index contributed by atoms with van der Waals surface area (Å²) in [6.07, 6.45) is 1.71. The molecule has 0 saturated carbocycles. The monoisotopic (exact) mass is 404 g/mol. The van der Waals surface area contributed by atoms with Crippen molar-refractivity contribution in [3.8, 4) is 11.3 Å². The molecule has 0 aliphatic carbocycles. The fraction of sp³-hybridized carbons (Fsp3) is 0.250. The van der Waals surface area contributed by atoms with Gasteiger partial charge >= 0.3 is 5.97 Å². The number of aliphatic imine (C=N–C) groups is 1. The lowest BCUT2D eigenvalue weighted by Gasteiger charge is -2.28. The third kappa shape index (κ3) is 4.78. The molecule has 0 radical (unpaired) electrons. The van der Waals surface area contributed by atoms with E-state index in [0.717, 1.165) is 43.3 Å². The van der Waals surface area contributed by atoms with Gasteiger partial charge in [-0.05, 0) is 55.5 Å². The number of morpholine rings is 1. The van der Waals surface area contributed by atoms with Crippen LogP contribution in [0.4, 0.5) is 11.4 Å². The molecule has 0 bridgehead atoms. The Kier molecular flexibility index (Phi) is 6.25. The van der Waals surface area contributed by atoms with Crippen molar-refractivity contribution in [2.24, 2.45) is 4.99 Å². The highest BCUT2D eigenvalue weighted by Crippen LogP contribution is 2.24. The number of nitrogens with zero attached hydrogens (tertiary/aromatic N) is 2. The smallest absolute Gasteiger partial charge is 0.338 e. The van der Waals surface area contributed by atoms with Gasteiger partial charge in [0, 0.05) is 24.3 Å². The van der Waals surface area contributed by atoms with Crippen molar-refractivity contribution in [3.05, 3.63) is 72.0 Å². The van der Waals surface area contributed by atoms with Crippen LogP contribution < -0.4 is 4.90 Å². The molecule has 2 heterocycles. The molecule has 1 aromatic heterocycles. The maximum absolute atomic E-state index is 11.8. The number of hydrogen-bond acceptors (Lipinski definition) is 6. The number of esters is 1. The quantitative estimate of drug-likeness (QED) is 0.440. The number of carbonyl (C=O) groups is 1. The second-order valence-electron chi connectivity index (χ2n) is 6.87. The van der Waals surface area contributed by atoms with E-state index in [1.165, 1.54) is 5.69 Å². The molecule has 3 aromatic rings. The first-order chi connectivity index (χ1) is 14.7. The number of rotatable bonds is 6. The number of ether oxygens (including phenoxy) is 2.